The number of carbonyl (C=O) groups excluding carboxylic acids is 1. The van der Waals surface area contributed by atoms with Gasteiger partial charge in [-0.25, -0.2) is 14.3 Å². The number of carbonyl (C=O) groups is 3. The quantitative estimate of drug-likeness (QED) is 0.404. The van der Waals surface area contributed by atoms with Crippen LogP contribution in [0.5, 0.6) is 0 Å². The number of benzene rings is 2. The first-order valence-corrected chi connectivity index (χ1v) is 9.15. The highest BCUT2D eigenvalue weighted by Gasteiger charge is 2.21. The minimum Gasteiger partial charge on any atom is -0.465 e. The van der Waals surface area contributed by atoms with E-state index in [1.165, 1.54) is 0 Å². The molecule has 0 aliphatic heterocycles. The van der Waals surface area contributed by atoms with Gasteiger partial charge >= 0.3 is 12.2 Å². The van der Waals surface area contributed by atoms with Crippen LogP contribution in [0.2, 0.25) is 0 Å². The Labute approximate surface area is 171 Å². The molecule has 5 N–H and O–H groups in total. The van der Waals surface area contributed by atoms with Gasteiger partial charge in [-0.2, -0.15) is 5.10 Å². The van der Waals surface area contributed by atoms with E-state index in [-0.39, 0.29) is 13.0 Å². The molecule has 1 aromatic heterocycles. The van der Waals surface area contributed by atoms with Crippen molar-refractivity contribution >= 4 is 34.7 Å². The zero-order valence-corrected chi connectivity index (χ0v) is 16.1. The molecule has 1 unspecified atom stereocenters. The normalized spacial score (nSPS) is 11.6. The highest BCUT2D eigenvalue weighted by molar-refractivity contribution is 5.98. The summed E-state index contributed by atoms with van der Waals surface area (Å²) in [6, 6.07) is 11.9. The molecule has 0 aliphatic rings. The summed E-state index contributed by atoms with van der Waals surface area (Å²) >= 11 is 0. The van der Waals surface area contributed by atoms with Gasteiger partial charge in [0, 0.05) is 17.6 Å². The van der Waals surface area contributed by atoms with E-state index in [9.17, 15) is 14.4 Å². The van der Waals surface area contributed by atoms with Crippen molar-refractivity contribution in [3.05, 3.63) is 54.2 Å². The zero-order chi connectivity index (χ0) is 21.7. The summed E-state index contributed by atoms with van der Waals surface area (Å²) < 4.78 is 1.75. The number of aromatic nitrogens is 2. The summed E-state index contributed by atoms with van der Waals surface area (Å²) in [5, 5.41) is 29.8. The number of aryl methyl sites for hydroxylation is 1. The molecule has 0 spiro atoms. The van der Waals surface area contributed by atoms with Gasteiger partial charge in [-0.15, -0.1) is 0 Å². The Morgan fingerprint density at radius 2 is 1.90 bits per heavy atom. The van der Waals surface area contributed by atoms with E-state index in [2.05, 4.69) is 21.0 Å². The number of rotatable bonds is 7. The van der Waals surface area contributed by atoms with Gasteiger partial charge in [-0.1, -0.05) is 12.1 Å². The van der Waals surface area contributed by atoms with E-state index in [0.29, 0.717) is 5.69 Å². The molecule has 0 aliphatic carbocycles. The number of fused-ring (bicyclic) bond motifs is 1. The van der Waals surface area contributed by atoms with Gasteiger partial charge in [0.25, 0.3) is 0 Å². The highest BCUT2D eigenvalue weighted by Crippen LogP contribution is 2.22. The average Bonchev–Trinajstić information content (AvgIpc) is 3.10. The number of nitrogens with one attached hydrogen (secondary N) is 3. The fraction of sp³-hybridized carbons (Fsp3) is 0.200. The van der Waals surface area contributed by atoms with E-state index in [4.69, 9.17) is 10.2 Å². The molecule has 2 aromatic carbocycles. The topological polar surface area (TPSA) is 146 Å². The van der Waals surface area contributed by atoms with Crippen LogP contribution in [-0.2, 0) is 4.79 Å². The molecule has 0 radical (unpaired) electrons. The van der Waals surface area contributed by atoms with Gasteiger partial charge < -0.3 is 26.2 Å². The molecule has 0 fully saturated rings. The van der Waals surface area contributed by atoms with Gasteiger partial charge in [0.15, 0.2) is 0 Å². The maximum absolute atomic E-state index is 12.6. The second kappa shape index (κ2) is 8.95. The summed E-state index contributed by atoms with van der Waals surface area (Å²) in [7, 11) is 0. The number of amides is 3. The van der Waals surface area contributed by atoms with Gasteiger partial charge in [0.05, 0.1) is 17.4 Å². The highest BCUT2D eigenvalue weighted by atomic mass is 16.4. The Hall–Kier alpha value is -4.08. The molecule has 10 nitrogen and oxygen atoms in total. The summed E-state index contributed by atoms with van der Waals surface area (Å²) in [6.45, 7) is 1.91. The van der Waals surface area contributed by atoms with Crippen LogP contribution in [0.3, 0.4) is 0 Å². The van der Waals surface area contributed by atoms with E-state index >= 15 is 0 Å². The summed E-state index contributed by atoms with van der Waals surface area (Å²) in [4.78, 5) is 34.1. The maximum atomic E-state index is 12.6. The standard InChI is InChI=1S/C20H21N5O5/c1-12-3-2-4-15(9-12)25-17-10-14(6-5-13(17)11-22-25)23-18(26)16(24-20(29)30)7-8-21-19(27)28/h2-6,9-11,16,21,24H,7-8H2,1H3,(H,23,26)(H,27,28)(H,29,30). The minimum atomic E-state index is -1.38. The van der Waals surface area contributed by atoms with E-state index < -0.39 is 24.1 Å². The van der Waals surface area contributed by atoms with Crippen LogP contribution >= 0.6 is 0 Å². The number of nitrogens with zero attached hydrogens (tertiary/aromatic N) is 2. The van der Waals surface area contributed by atoms with Gasteiger partial charge in [0.1, 0.15) is 6.04 Å². The third kappa shape index (κ3) is 5.04. The molecule has 10 heteroatoms. The first-order chi connectivity index (χ1) is 14.3. The molecule has 3 rings (SSSR count). The van der Waals surface area contributed by atoms with E-state index in [0.717, 1.165) is 22.2 Å². The van der Waals surface area contributed by atoms with E-state index in [1.807, 2.05) is 31.2 Å². The van der Waals surface area contributed by atoms with Crippen molar-refractivity contribution in [3.63, 3.8) is 0 Å². The Kier molecular flexibility index (Phi) is 6.16. The molecule has 3 amide bonds. The molecule has 1 atom stereocenters. The molecular weight excluding hydrogens is 390 g/mol. The van der Waals surface area contributed by atoms with E-state index in [1.54, 1.807) is 29.1 Å². The van der Waals surface area contributed by atoms with Crippen molar-refractivity contribution in [2.75, 3.05) is 11.9 Å². The number of hydrogen-bond acceptors (Lipinski definition) is 4. The SMILES string of the molecule is Cc1cccc(-n2ncc3ccc(NC(=O)C(CCNC(=O)O)NC(=O)O)cc32)c1. The summed E-state index contributed by atoms with van der Waals surface area (Å²) in [5.74, 6) is -0.592. The molecular formula is C20H21N5O5. The number of hydrogen-bond donors (Lipinski definition) is 5. The maximum Gasteiger partial charge on any atom is 0.405 e. The Bertz CT molecular complexity index is 1090. The lowest BCUT2D eigenvalue weighted by molar-refractivity contribution is -0.118. The van der Waals surface area contributed by atoms with Crippen LogP contribution in [0.1, 0.15) is 12.0 Å². The predicted molar refractivity (Wildman–Crippen MR) is 110 cm³/mol. The van der Waals surface area contributed by atoms with Crippen LogP contribution in [0.25, 0.3) is 16.6 Å². The predicted octanol–water partition coefficient (Wildman–Crippen LogP) is 2.57. The smallest absolute Gasteiger partial charge is 0.405 e. The molecule has 0 saturated heterocycles. The molecule has 1 heterocycles. The van der Waals surface area contributed by atoms with Crippen molar-refractivity contribution < 1.29 is 24.6 Å². The first kappa shape index (κ1) is 20.6. The van der Waals surface area contributed by atoms with Crippen molar-refractivity contribution in [2.45, 2.75) is 19.4 Å². The number of anilines is 1. The molecule has 30 heavy (non-hydrogen) atoms. The fourth-order valence-corrected chi connectivity index (χ4v) is 3.03. The van der Waals surface area contributed by atoms with Gasteiger partial charge in [-0.05, 0) is 49.2 Å². The van der Waals surface area contributed by atoms with Crippen LogP contribution in [-0.4, -0.2) is 50.7 Å². The van der Waals surface area contributed by atoms with Crippen molar-refractivity contribution in [2.24, 2.45) is 0 Å². The number of carboxylic acid groups (broad SMARTS) is 2. The van der Waals surface area contributed by atoms with Gasteiger partial charge in [-0.3, -0.25) is 4.79 Å². The molecule has 3 aromatic rings. The molecule has 0 saturated carbocycles. The fourth-order valence-electron chi connectivity index (χ4n) is 3.03. The monoisotopic (exact) mass is 411 g/mol. The third-order valence-corrected chi connectivity index (χ3v) is 4.41. The Morgan fingerprint density at radius 3 is 2.60 bits per heavy atom. The average molecular weight is 411 g/mol. The lowest BCUT2D eigenvalue weighted by Crippen LogP contribution is -2.45. The van der Waals surface area contributed by atoms with Crippen molar-refractivity contribution in [1.82, 2.24) is 20.4 Å². The van der Waals surface area contributed by atoms with Crippen molar-refractivity contribution in [3.8, 4) is 5.69 Å². The second-order valence-electron chi connectivity index (χ2n) is 6.68. The van der Waals surface area contributed by atoms with Crippen LogP contribution < -0.4 is 16.0 Å². The summed E-state index contributed by atoms with van der Waals surface area (Å²) in [5.41, 5.74) is 3.19. The Morgan fingerprint density at radius 1 is 1.10 bits per heavy atom. The third-order valence-electron chi connectivity index (χ3n) is 4.41. The second-order valence-corrected chi connectivity index (χ2v) is 6.68. The first-order valence-electron chi connectivity index (χ1n) is 9.15. The van der Waals surface area contributed by atoms with Crippen LogP contribution in [0.15, 0.2) is 48.7 Å². The largest absolute Gasteiger partial charge is 0.465 e. The molecule has 156 valence electrons. The Balaban J connectivity index is 1.81. The van der Waals surface area contributed by atoms with Crippen molar-refractivity contribution in [1.29, 1.82) is 0 Å². The minimum absolute atomic E-state index is 0.0338. The van der Waals surface area contributed by atoms with Crippen LogP contribution in [0, 0.1) is 6.92 Å². The lowest BCUT2D eigenvalue weighted by Gasteiger charge is -2.17. The molecule has 0 bridgehead atoms. The summed E-state index contributed by atoms with van der Waals surface area (Å²) in [6.07, 6.45) is -0.943. The zero-order valence-electron chi connectivity index (χ0n) is 16.1. The van der Waals surface area contributed by atoms with Gasteiger partial charge in [0.2, 0.25) is 5.91 Å². The lowest BCUT2D eigenvalue weighted by atomic mass is 10.1. The van der Waals surface area contributed by atoms with Crippen LogP contribution in [0.4, 0.5) is 15.3 Å².